The van der Waals surface area contributed by atoms with E-state index in [2.05, 4.69) is 33.4 Å². The molecular weight excluding hydrogens is 560 g/mol. The second-order valence-corrected chi connectivity index (χ2v) is 10.5. The monoisotopic (exact) mass is 588 g/mol. The van der Waals surface area contributed by atoms with Gasteiger partial charge in [0.05, 0.1) is 5.69 Å². The molecular formula is C31H29BrN2O5. The van der Waals surface area contributed by atoms with Crippen LogP contribution in [0, 0.1) is 0 Å². The summed E-state index contributed by atoms with van der Waals surface area (Å²) in [5, 5.41) is 2.23. The van der Waals surface area contributed by atoms with Gasteiger partial charge in [-0.15, -0.1) is 0 Å². The fourth-order valence-electron chi connectivity index (χ4n) is 4.90. The first kappa shape index (κ1) is 26.7. The molecule has 1 heterocycles. The molecule has 1 saturated carbocycles. The number of hydrogen-bond donors (Lipinski definition) is 1. The highest BCUT2D eigenvalue weighted by Gasteiger charge is 2.36. The van der Waals surface area contributed by atoms with Crippen LogP contribution in [-0.2, 0) is 9.59 Å². The van der Waals surface area contributed by atoms with Crippen LogP contribution in [0.25, 0.3) is 6.08 Å². The summed E-state index contributed by atoms with van der Waals surface area (Å²) in [7, 11) is 0. The number of carbonyl (C=O) groups excluding carboxylic acids is 3. The smallest absolute Gasteiger partial charge is 0.335 e. The van der Waals surface area contributed by atoms with E-state index in [-0.39, 0.29) is 5.57 Å². The Morgan fingerprint density at radius 1 is 0.795 bits per heavy atom. The number of urea groups is 1. The van der Waals surface area contributed by atoms with E-state index in [0.717, 1.165) is 15.1 Å². The van der Waals surface area contributed by atoms with E-state index in [4.69, 9.17) is 9.47 Å². The fraction of sp³-hybridized carbons (Fsp3) is 0.258. The van der Waals surface area contributed by atoms with E-state index in [1.807, 2.05) is 12.1 Å². The van der Waals surface area contributed by atoms with Crippen molar-refractivity contribution in [3.8, 4) is 11.5 Å². The maximum Gasteiger partial charge on any atom is 0.335 e. The van der Waals surface area contributed by atoms with Crippen molar-refractivity contribution >= 4 is 45.5 Å². The Labute approximate surface area is 235 Å². The van der Waals surface area contributed by atoms with Crippen molar-refractivity contribution in [3.63, 3.8) is 0 Å². The first-order chi connectivity index (χ1) is 19.0. The van der Waals surface area contributed by atoms with Crippen LogP contribution in [0.3, 0.4) is 0 Å². The van der Waals surface area contributed by atoms with Gasteiger partial charge in [0.2, 0.25) is 0 Å². The Bertz CT molecular complexity index is 1360. The molecule has 0 unspecified atom stereocenters. The van der Waals surface area contributed by atoms with Crippen LogP contribution in [0.15, 0.2) is 82.8 Å². The number of carbonyl (C=O) groups is 3. The Balaban J connectivity index is 1.15. The summed E-state index contributed by atoms with van der Waals surface area (Å²) in [4.78, 5) is 38.7. The van der Waals surface area contributed by atoms with E-state index in [1.165, 1.54) is 43.7 Å². The van der Waals surface area contributed by atoms with Crippen LogP contribution in [0.1, 0.15) is 49.1 Å². The lowest BCUT2D eigenvalue weighted by atomic mass is 9.84. The molecule has 7 nitrogen and oxygen atoms in total. The van der Waals surface area contributed by atoms with Crippen molar-refractivity contribution in [2.45, 2.75) is 38.0 Å². The van der Waals surface area contributed by atoms with Crippen LogP contribution in [0.4, 0.5) is 10.5 Å². The number of nitrogens with one attached hydrogen (secondary N) is 1. The Kier molecular flexibility index (Phi) is 8.42. The van der Waals surface area contributed by atoms with Crippen LogP contribution in [0.5, 0.6) is 11.5 Å². The normalized spacial score (nSPS) is 17.3. The van der Waals surface area contributed by atoms with E-state index in [0.29, 0.717) is 36.1 Å². The van der Waals surface area contributed by atoms with E-state index in [1.54, 1.807) is 48.5 Å². The molecule has 0 atom stereocenters. The van der Waals surface area contributed by atoms with Gasteiger partial charge in [0, 0.05) is 4.47 Å². The number of amides is 4. The SMILES string of the molecule is O=C1NC(=O)N(c2ccc(Br)cc2)C(=O)C1=Cc1ccc(OCCOc2ccc(C3CCCCC3)cc2)cc1. The van der Waals surface area contributed by atoms with Crippen LogP contribution >= 0.6 is 15.9 Å². The summed E-state index contributed by atoms with van der Waals surface area (Å²) in [6, 6.07) is 21.3. The molecule has 8 heteroatoms. The number of ether oxygens (including phenoxy) is 2. The number of barbiturate groups is 1. The Hall–Kier alpha value is -3.91. The zero-order chi connectivity index (χ0) is 27.2. The lowest BCUT2D eigenvalue weighted by Gasteiger charge is -2.26. The predicted molar refractivity (Wildman–Crippen MR) is 153 cm³/mol. The third-order valence-electron chi connectivity index (χ3n) is 6.96. The molecule has 0 radical (unpaired) electrons. The molecule has 3 aromatic rings. The van der Waals surface area contributed by atoms with Crippen molar-refractivity contribution in [2.75, 3.05) is 18.1 Å². The Morgan fingerprint density at radius 3 is 2.00 bits per heavy atom. The van der Waals surface area contributed by atoms with Gasteiger partial charge in [0.25, 0.3) is 11.8 Å². The number of imide groups is 2. The first-order valence-corrected chi connectivity index (χ1v) is 13.9. The maximum atomic E-state index is 13.0. The minimum absolute atomic E-state index is 0.130. The summed E-state index contributed by atoms with van der Waals surface area (Å²) < 4.78 is 12.4. The number of anilines is 1. The summed E-state index contributed by atoms with van der Waals surface area (Å²) in [6.45, 7) is 0.777. The summed E-state index contributed by atoms with van der Waals surface area (Å²) in [6.07, 6.45) is 8.00. The fourth-order valence-corrected chi connectivity index (χ4v) is 5.16. The lowest BCUT2D eigenvalue weighted by molar-refractivity contribution is -0.122. The highest BCUT2D eigenvalue weighted by Crippen LogP contribution is 2.33. The highest BCUT2D eigenvalue weighted by molar-refractivity contribution is 9.10. The molecule has 1 N–H and O–H groups in total. The van der Waals surface area contributed by atoms with Gasteiger partial charge < -0.3 is 9.47 Å². The van der Waals surface area contributed by atoms with Gasteiger partial charge >= 0.3 is 6.03 Å². The third kappa shape index (κ3) is 6.57. The summed E-state index contributed by atoms with van der Waals surface area (Å²) >= 11 is 3.33. The average molecular weight is 589 g/mol. The van der Waals surface area contributed by atoms with Gasteiger partial charge in [-0.1, -0.05) is 59.5 Å². The molecule has 2 aliphatic rings. The van der Waals surface area contributed by atoms with Crippen molar-refractivity contribution in [3.05, 3.63) is 94.0 Å². The quantitative estimate of drug-likeness (QED) is 0.181. The van der Waals surface area contributed by atoms with Crippen molar-refractivity contribution in [1.82, 2.24) is 5.32 Å². The molecule has 0 aromatic heterocycles. The standard InChI is InChI=1S/C31H29BrN2O5/c32-24-10-12-25(13-11-24)34-30(36)28(29(35)33-31(34)37)20-21-6-14-26(15-7-21)38-18-19-39-27-16-8-23(9-17-27)22-4-2-1-3-5-22/h6-17,20,22H,1-5,18-19H2,(H,33,35,37). The number of halogens is 1. The van der Waals surface area contributed by atoms with Gasteiger partial charge in [0.15, 0.2) is 0 Å². The second kappa shape index (κ2) is 12.3. The molecule has 5 rings (SSSR count). The van der Waals surface area contributed by atoms with Gasteiger partial charge in [-0.05, 0) is 84.5 Å². The molecule has 0 bridgehead atoms. The topological polar surface area (TPSA) is 84.9 Å². The van der Waals surface area contributed by atoms with Gasteiger partial charge in [-0.25, -0.2) is 9.69 Å². The zero-order valence-electron chi connectivity index (χ0n) is 21.4. The van der Waals surface area contributed by atoms with Crippen molar-refractivity contribution in [1.29, 1.82) is 0 Å². The maximum absolute atomic E-state index is 13.0. The van der Waals surface area contributed by atoms with Gasteiger partial charge in [-0.2, -0.15) is 0 Å². The van der Waals surface area contributed by atoms with Crippen LogP contribution < -0.4 is 19.7 Å². The number of rotatable bonds is 8. The van der Waals surface area contributed by atoms with Gasteiger partial charge in [-0.3, -0.25) is 14.9 Å². The predicted octanol–water partition coefficient (Wildman–Crippen LogP) is 6.62. The Morgan fingerprint density at radius 2 is 1.38 bits per heavy atom. The minimum Gasteiger partial charge on any atom is -0.490 e. The van der Waals surface area contributed by atoms with E-state index in [9.17, 15) is 14.4 Å². The molecule has 1 aliphatic carbocycles. The van der Waals surface area contributed by atoms with Crippen LogP contribution in [0.2, 0.25) is 0 Å². The van der Waals surface area contributed by atoms with Crippen molar-refractivity contribution < 1.29 is 23.9 Å². The molecule has 0 spiro atoms. The molecule has 3 aromatic carbocycles. The molecule has 1 aliphatic heterocycles. The second-order valence-electron chi connectivity index (χ2n) is 9.60. The number of nitrogens with zero attached hydrogens (tertiary/aromatic N) is 1. The number of benzene rings is 3. The highest BCUT2D eigenvalue weighted by atomic mass is 79.9. The van der Waals surface area contributed by atoms with E-state index >= 15 is 0 Å². The average Bonchev–Trinajstić information content (AvgIpc) is 2.96. The molecule has 1 saturated heterocycles. The molecule has 2 fully saturated rings. The minimum atomic E-state index is -0.782. The van der Waals surface area contributed by atoms with Crippen molar-refractivity contribution in [2.24, 2.45) is 0 Å². The summed E-state index contributed by atoms with van der Waals surface area (Å²) in [5.74, 6) is 0.719. The first-order valence-electron chi connectivity index (χ1n) is 13.1. The molecule has 4 amide bonds. The van der Waals surface area contributed by atoms with Crippen LogP contribution in [-0.4, -0.2) is 31.1 Å². The number of hydrogen-bond acceptors (Lipinski definition) is 5. The lowest BCUT2D eigenvalue weighted by Crippen LogP contribution is -2.54. The third-order valence-corrected chi connectivity index (χ3v) is 7.48. The van der Waals surface area contributed by atoms with E-state index < -0.39 is 17.8 Å². The molecule has 200 valence electrons. The zero-order valence-corrected chi connectivity index (χ0v) is 23.0. The largest absolute Gasteiger partial charge is 0.490 e. The van der Waals surface area contributed by atoms with Gasteiger partial charge in [0.1, 0.15) is 30.3 Å². The summed E-state index contributed by atoms with van der Waals surface area (Å²) in [5.41, 5.74) is 2.26. The molecule has 39 heavy (non-hydrogen) atoms.